The van der Waals surface area contributed by atoms with Crippen LogP contribution in [0.5, 0.6) is 0 Å². The molecule has 0 bridgehead atoms. The van der Waals surface area contributed by atoms with E-state index in [0.29, 0.717) is 11.4 Å². The fourth-order valence-corrected chi connectivity index (χ4v) is 3.77. The highest BCUT2D eigenvalue weighted by molar-refractivity contribution is 7.89. The molecule has 0 saturated carbocycles. The quantitative estimate of drug-likeness (QED) is 0.674. The van der Waals surface area contributed by atoms with Gasteiger partial charge in [0.1, 0.15) is 12.7 Å². The normalized spacial score (nSPS) is 11.8. The molecule has 0 aliphatic rings. The van der Waals surface area contributed by atoms with E-state index in [0.717, 1.165) is 30.2 Å². The summed E-state index contributed by atoms with van der Waals surface area (Å²) in [6.07, 6.45) is 4.92. The van der Waals surface area contributed by atoms with Gasteiger partial charge in [-0.3, -0.25) is 0 Å². The average molecular weight is 330 g/mol. The van der Waals surface area contributed by atoms with Gasteiger partial charge in [0.05, 0.1) is 4.90 Å². The number of fused-ring (bicyclic) bond motifs is 1. The standard InChI is InChI=1S/C16H18N4O2S/c21-23(22,19-10-3-4-11-20-12-17-18-13-20)16-9-5-7-14-6-1-2-8-15(14)16/h1-2,5-9,12-13,19H,3-4,10-11H2. The first-order valence-electron chi connectivity index (χ1n) is 7.47. The van der Waals surface area contributed by atoms with Crippen molar-refractivity contribution in [1.29, 1.82) is 0 Å². The summed E-state index contributed by atoms with van der Waals surface area (Å²) in [6.45, 7) is 1.19. The number of aryl methyl sites for hydroxylation is 1. The highest BCUT2D eigenvalue weighted by Gasteiger charge is 2.16. The zero-order valence-corrected chi connectivity index (χ0v) is 13.4. The van der Waals surface area contributed by atoms with Crippen LogP contribution in [0.1, 0.15) is 12.8 Å². The van der Waals surface area contributed by atoms with Crippen molar-refractivity contribution in [1.82, 2.24) is 19.5 Å². The van der Waals surface area contributed by atoms with Gasteiger partial charge in [-0.15, -0.1) is 10.2 Å². The molecule has 120 valence electrons. The summed E-state index contributed by atoms with van der Waals surface area (Å²) in [5, 5.41) is 9.12. The molecule has 23 heavy (non-hydrogen) atoms. The zero-order valence-electron chi connectivity index (χ0n) is 12.6. The molecule has 0 amide bonds. The van der Waals surface area contributed by atoms with Crippen molar-refractivity contribution in [2.75, 3.05) is 6.54 Å². The topological polar surface area (TPSA) is 76.9 Å². The van der Waals surface area contributed by atoms with Crippen LogP contribution < -0.4 is 4.72 Å². The predicted molar refractivity (Wildman–Crippen MR) is 88.4 cm³/mol. The Kier molecular flexibility index (Phi) is 4.68. The van der Waals surface area contributed by atoms with Crippen LogP contribution in [0.25, 0.3) is 10.8 Å². The van der Waals surface area contributed by atoms with Gasteiger partial charge in [-0.1, -0.05) is 36.4 Å². The molecule has 1 heterocycles. The number of unbranched alkanes of at least 4 members (excludes halogenated alkanes) is 1. The van der Waals surface area contributed by atoms with Crippen molar-refractivity contribution in [2.45, 2.75) is 24.3 Å². The lowest BCUT2D eigenvalue weighted by Crippen LogP contribution is -2.25. The highest BCUT2D eigenvalue weighted by Crippen LogP contribution is 2.22. The first-order valence-corrected chi connectivity index (χ1v) is 8.95. The lowest BCUT2D eigenvalue weighted by molar-refractivity contribution is 0.566. The fourth-order valence-electron chi connectivity index (χ4n) is 2.47. The minimum absolute atomic E-state index is 0.328. The number of aromatic nitrogens is 3. The highest BCUT2D eigenvalue weighted by atomic mass is 32.2. The maximum absolute atomic E-state index is 12.5. The minimum Gasteiger partial charge on any atom is -0.320 e. The zero-order chi connectivity index (χ0) is 16.1. The van der Waals surface area contributed by atoms with Gasteiger partial charge in [-0.05, 0) is 24.3 Å². The molecule has 6 nitrogen and oxygen atoms in total. The van der Waals surface area contributed by atoms with Gasteiger partial charge in [-0.2, -0.15) is 0 Å². The van der Waals surface area contributed by atoms with Crippen molar-refractivity contribution in [3.05, 3.63) is 55.1 Å². The van der Waals surface area contributed by atoms with Crippen molar-refractivity contribution in [3.63, 3.8) is 0 Å². The smallest absolute Gasteiger partial charge is 0.241 e. The SMILES string of the molecule is O=S(=O)(NCCCCn1cnnc1)c1cccc2ccccc12. The molecule has 3 aromatic rings. The Morgan fingerprint density at radius 1 is 0.957 bits per heavy atom. The van der Waals surface area contributed by atoms with Gasteiger partial charge in [0.2, 0.25) is 10.0 Å². The molecule has 0 radical (unpaired) electrons. The van der Waals surface area contributed by atoms with E-state index in [1.165, 1.54) is 0 Å². The van der Waals surface area contributed by atoms with E-state index in [-0.39, 0.29) is 0 Å². The summed E-state index contributed by atoms with van der Waals surface area (Å²) in [6, 6.07) is 12.8. The van der Waals surface area contributed by atoms with Crippen LogP contribution in [0.2, 0.25) is 0 Å². The van der Waals surface area contributed by atoms with Crippen LogP contribution in [-0.4, -0.2) is 29.7 Å². The molecule has 0 unspecified atom stereocenters. The summed E-state index contributed by atoms with van der Waals surface area (Å²) in [5.74, 6) is 0. The Morgan fingerprint density at radius 2 is 1.70 bits per heavy atom. The second-order valence-corrected chi connectivity index (χ2v) is 7.02. The van der Waals surface area contributed by atoms with Gasteiger partial charge in [0.15, 0.2) is 0 Å². The Morgan fingerprint density at radius 3 is 2.52 bits per heavy atom. The van der Waals surface area contributed by atoms with Crippen LogP contribution in [-0.2, 0) is 16.6 Å². The Hall–Kier alpha value is -2.25. The van der Waals surface area contributed by atoms with Crippen molar-refractivity contribution < 1.29 is 8.42 Å². The molecular formula is C16H18N4O2S. The predicted octanol–water partition coefficient (Wildman–Crippen LogP) is 2.19. The minimum atomic E-state index is -3.50. The second-order valence-electron chi connectivity index (χ2n) is 5.28. The summed E-state index contributed by atoms with van der Waals surface area (Å²) in [5.41, 5.74) is 0. The summed E-state index contributed by atoms with van der Waals surface area (Å²) < 4.78 is 29.6. The van der Waals surface area contributed by atoms with Crippen LogP contribution in [0.15, 0.2) is 60.0 Å². The van der Waals surface area contributed by atoms with Crippen molar-refractivity contribution in [2.24, 2.45) is 0 Å². The van der Waals surface area contributed by atoms with E-state index in [1.54, 1.807) is 24.8 Å². The van der Waals surface area contributed by atoms with Crippen LogP contribution in [0.3, 0.4) is 0 Å². The van der Waals surface area contributed by atoms with E-state index in [1.807, 2.05) is 34.9 Å². The van der Waals surface area contributed by atoms with E-state index in [4.69, 9.17) is 0 Å². The number of hydrogen-bond acceptors (Lipinski definition) is 4. The van der Waals surface area contributed by atoms with Crippen LogP contribution in [0.4, 0.5) is 0 Å². The van der Waals surface area contributed by atoms with Crippen LogP contribution >= 0.6 is 0 Å². The van der Waals surface area contributed by atoms with Crippen molar-refractivity contribution >= 4 is 20.8 Å². The largest absolute Gasteiger partial charge is 0.320 e. The molecule has 1 N–H and O–H groups in total. The van der Waals surface area contributed by atoms with Crippen molar-refractivity contribution in [3.8, 4) is 0 Å². The van der Waals surface area contributed by atoms with Gasteiger partial charge < -0.3 is 4.57 Å². The summed E-state index contributed by atoms with van der Waals surface area (Å²) >= 11 is 0. The molecule has 7 heteroatoms. The molecule has 0 aliphatic heterocycles. The number of benzene rings is 2. The number of hydrogen-bond donors (Lipinski definition) is 1. The fraction of sp³-hybridized carbons (Fsp3) is 0.250. The molecule has 2 aromatic carbocycles. The Balaban J connectivity index is 1.62. The first kappa shape index (κ1) is 15.6. The van der Waals surface area contributed by atoms with Gasteiger partial charge in [-0.25, -0.2) is 13.1 Å². The molecule has 0 fully saturated rings. The molecule has 3 rings (SSSR count). The maximum Gasteiger partial charge on any atom is 0.241 e. The van der Waals surface area contributed by atoms with Gasteiger partial charge in [0, 0.05) is 18.5 Å². The maximum atomic E-state index is 12.5. The van der Waals surface area contributed by atoms with E-state index < -0.39 is 10.0 Å². The molecule has 0 atom stereocenters. The molecule has 0 aliphatic carbocycles. The number of rotatable bonds is 7. The Bertz CT molecular complexity index is 871. The summed E-state index contributed by atoms with van der Waals surface area (Å²) in [4.78, 5) is 0.328. The van der Waals surface area contributed by atoms with E-state index in [9.17, 15) is 8.42 Å². The number of sulfonamides is 1. The molecule has 1 aromatic heterocycles. The molecular weight excluding hydrogens is 312 g/mol. The molecule has 0 saturated heterocycles. The van der Waals surface area contributed by atoms with Crippen LogP contribution in [0, 0.1) is 0 Å². The number of nitrogens with one attached hydrogen (secondary N) is 1. The Labute approximate surface area is 135 Å². The van der Waals surface area contributed by atoms with E-state index in [2.05, 4.69) is 14.9 Å². The third-order valence-corrected chi connectivity index (χ3v) is 5.16. The van der Waals surface area contributed by atoms with E-state index >= 15 is 0 Å². The number of nitrogens with zero attached hydrogens (tertiary/aromatic N) is 3. The summed E-state index contributed by atoms with van der Waals surface area (Å²) in [7, 11) is -3.50. The molecule has 0 spiro atoms. The lowest BCUT2D eigenvalue weighted by atomic mass is 10.1. The van der Waals surface area contributed by atoms with Gasteiger partial charge in [0.25, 0.3) is 0 Å². The third-order valence-electron chi connectivity index (χ3n) is 3.64. The average Bonchev–Trinajstić information content (AvgIpc) is 3.07. The first-order chi connectivity index (χ1) is 11.2. The third kappa shape index (κ3) is 3.75. The lowest BCUT2D eigenvalue weighted by Gasteiger charge is -2.09. The second kappa shape index (κ2) is 6.89. The monoisotopic (exact) mass is 330 g/mol. The van der Waals surface area contributed by atoms with Gasteiger partial charge >= 0.3 is 0 Å².